The first kappa shape index (κ1) is 10.2. The van der Waals surface area contributed by atoms with Gasteiger partial charge >= 0.3 is 0 Å². The molecule has 1 aliphatic rings. The average Bonchev–Trinajstić information content (AvgIpc) is 2.99. The molecule has 2 aromatic rings. The number of aromatic nitrogens is 2. The molecule has 0 spiro atoms. The van der Waals surface area contributed by atoms with E-state index in [0.29, 0.717) is 0 Å². The molecule has 0 saturated carbocycles. The molecule has 1 N–H and O–H groups in total. The lowest BCUT2D eigenvalue weighted by molar-refractivity contribution is 0.411. The second-order valence-electron chi connectivity index (χ2n) is 4.19. The fourth-order valence-corrected chi connectivity index (χ4v) is 2.40. The molecule has 0 fully saturated rings. The molecule has 1 aromatic carbocycles. The normalized spacial score (nSPS) is 13.8. The molecular weight excluding hydrogens is 214 g/mol. The Bertz CT molecular complexity index is 507. The number of aromatic amines is 1. The summed E-state index contributed by atoms with van der Waals surface area (Å²) in [5, 5.41) is 0. The van der Waals surface area contributed by atoms with Gasteiger partial charge in [-0.3, -0.25) is 0 Å². The molecule has 0 saturated heterocycles. The first-order valence-electron chi connectivity index (χ1n) is 5.77. The number of imidazole rings is 1. The van der Waals surface area contributed by atoms with Crippen LogP contribution in [0.4, 0.5) is 5.69 Å². The Morgan fingerprint density at radius 3 is 3.18 bits per heavy atom. The van der Waals surface area contributed by atoms with E-state index in [0.717, 1.165) is 31.0 Å². The van der Waals surface area contributed by atoms with Crippen LogP contribution in [0.2, 0.25) is 0 Å². The molecule has 3 rings (SSSR count). The highest BCUT2D eigenvalue weighted by Crippen LogP contribution is 2.35. The van der Waals surface area contributed by atoms with Crippen molar-refractivity contribution in [3.8, 4) is 5.75 Å². The van der Waals surface area contributed by atoms with Gasteiger partial charge in [-0.2, -0.15) is 0 Å². The fourth-order valence-electron chi connectivity index (χ4n) is 2.40. The number of hydrogen-bond acceptors (Lipinski definition) is 3. The quantitative estimate of drug-likeness (QED) is 0.875. The van der Waals surface area contributed by atoms with E-state index in [1.807, 2.05) is 18.3 Å². The van der Waals surface area contributed by atoms with Crippen LogP contribution < -0.4 is 9.64 Å². The summed E-state index contributed by atoms with van der Waals surface area (Å²) in [4.78, 5) is 9.60. The van der Waals surface area contributed by atoms with Crippen LogP contribution in [0.5, 0.6) is 5.75 Å². The molecule has 4 heteroatoms. The summed E-state index contributed by atoms with van der Waals surface area (Å²) in [5.74, 6) is 0.993. The van der Waals surface area contributed by atoms with Crippen LogP contribution in [0.1, 0.15) is 11.3 Å². The van der Waals surface area contributed by atoms with Gasteiger partial charge in [0.05, 0.1) is 25.7 Å². The Morgan fingerprint density at radius 2 is 2.41 bits per heavy atom. The number of anilines is 1. The molecule has 0 atom stereocenters. The zero-order valence-corrected chi connectivity index (χ0v) is 9.81. The summed E-state index contributed by atoms with van der Waals surface area (Å²) in [6.45, 7) is 1.88. The van der Waals surface area contributed by atoms with E-state index in [4.69, 9.17) is 4.74 Å². The Kier molecular flexibility index (Phi) is 2.48. The summed E-state index contributed by atoms with van der Waals surface area (Å²) in [7, 11) is 1.73. The molecule has 4 nitrogen and oxygen atoms in total. The Balaban J connectivity index is 1.88. The van der Waals surface area contributed by atoms with Crippen LogP contribution in [0.3, 0.4) is 0 Å². The maximum atomic E-state index is 5.39. The Morgan fingerprint density at radius 1 is 1.47 bits per heavy atom. The van der Waals surface area contributed by atoms with Crippen LogP contribution in [-0.2, 0) is 13.0 Å². The van der Waals surface area contributed by atoms with E-state index < -0.39 is 0 Å². The lowest BCUT2D eigenvalue weighted by Crippen LogP contribution is -2.19. The number of hydrogen-bond donors (Lipinski definition) is 1. The number of ether oxygens (including phenoxy) is 1. The third-order valence-electron chi connectivity index (χ3n) is 3.21. The van der Waals surface area contributed by atoms with Crippen molar-refractivity contribution in [3.63, 3.8) is 0 Å². The molecule has 17 heavy (non-hydrogen) atoms. The third-order valence-corrected chi connectivity index (χ3v) is 3.21. The average molecular weight is 229 g/mol. The van der Waals surface area contributed by atoms with Crippen molar-refractivity contribution in [3.05, 3.63) is 42.0 Å². The van der Waals surface area contributed by atoms with Gasteiger partial charge in [-0.05, 0) is 18.6 Å². The second-order valence-corrected chi connectivity index (χ2v) is 4.19. The van der Waals surface area contributed by atoms with E-state index >= 15 is 0 Å². The molecule has 1 aliphatic heterocycles. The maximum absolute atomic E-state index is 5.39. The molecule has 0 amide bonds. The van der Waals surface area contributed by atoms with E-state index in [1.54, 1.807) is 13.4 Å². The van der Waals surface area contributed by atoms with Crippen LogP contribution in [0, 0.1) is 0 Å². The zero-order chi connectivity index (χ0) is 11.7. The Labute approximate surface area is 100 Å². The smallest absolute Gasteiger partial charge is 0.124 e. The standard InChI is InChI=1S/C13H15N3O/c1-17-13-4-2-3-12-11(13)5-6-16(12)8-10-7-14-9-15-10/h2-4,7,9H,5-6,8H2,1H3,(H,14,15). The topological polar surface area (TPSA) is 41.1 Å². The van der Waals surface area contributed by atoms with Gasteiger partial charge in [0.15, 0.2) is 0 Å². The zero-order valence-electron chi connectivity index (χ0n) is 9.81. The molecule has 0 unspecified atom stereocenters. The van der Waals surface area contributed by atoms with E-state index in [2.05, 4.69) is 20.9 Å². The van der Waals surface area contributed by atoms with E-state index in [1.165, 1.54) is 11.3 Å². The first-order chi connectivity index (χ1) is 8.38. The molecule has 0 radical (unpaired) electrons. The molecule has 0 aliphatic carbocycles. The van der Waals surface area contributed by atoms with Crippen LogP contribution >= 0.6 is 0 Å². The van der Waals surface area contributed by atoms with Crippen molar-refractivity contribution in [2.75, 3.05) is 18.6 Å². The summed E-state index contributed by atoms with van der Waals surface area (Å²) in [5.41, 5.74) is 3.65. The first-order valence-corrected chi connectivity index (χ1v) is 5.77. The number of methoxy groups -OCH3 is 1. The van der Waals surface area contributed by atoms with Crippen molar-refractivity contribution in [1.82, 2.24) is 9.97 Å². The van der Waals surface area contributed by atoms with Gasteiger partial charge in [0.1, 0.15) is 5.75 Å². The Hall–Kier alpha value is -1.97. The third kappa shape index (κ3) is 1.75. The van der Waals surface area contributed by atoms with Crippen molar-refractivity contribution >= 4 is 5.69 Å². The second kappa shape index (κ2) is 4.13. The lowest BCUT2D eigenvalue weighted by Gasteiger charge is -2.18. The summed E-state index contributed by atoms with van der Waals surface area (Å²) in [6, 6.07) is 6.22. The van der Waals surface area contributed by atoms with Gasteiger partial charge in [-0.1, -0.05) is 6.07 Å². The minimum Gasteiger partial charge on any atom is -0.496 e. The van der Waals surface area contributed by atoms with E-state index in [9.17, 15) is 0 Å². The summed E-state index contributed by atoms with van der Waals surface area (Å²) in [6.07, 6.45) is 4.71. The molecule has 88 valence electrons. The summed E-state index contributed by atoms with van der Waals surface area (Å²) < 4.78 is 5.39. The highest BCUT2D eigenvalue weighted by molar-refractivity contribution is 5.63. The number of H-pyrrole nitrogens is 1. The van der Waals surface area contributed by atoms with Crippen molar-refractivity contribution in [1.29, 1.82) is 0 Å². The van der Waals surface area contributed by atoms with Crippen LogP contribution in [0.25, 0.3) is 0 Å². The van der Waals surface area contributed by atoms with Gasteiger partial charge in [0.2, 0.25) is 0 Å². The fraction of sp³-hybridized carbons (Fsp3) is 0.308. The van der Waals surface area contributed by atoms with Gasteiger partial charge < -0.3 is 14.6 Å². The monoisotopic (exact) mass is 229 g/mol. The van der Waals surface area contributed by atoms with Crippen molar-refractivity contribution < 1.29 is 4.74 Å². The van der Waals surface area contributed by atoms with Crippen LogP contribution in [0.15, 0.2) is 30.7 Å². The van der Waals surface area contributed by atoms with E-state index in [-0.39, 0.29) is 0 Å². The highest BCUT2D eigenvalue weighted by Gasteiger charge is 2.22. The minimum atomic E-state index is 0.851. The largest absolute Gasteiger partial charge is 0.496 e. The molecule has 1 aromatic heterocycles. The lowest BCUT2D eigenvalue weighted by atomic mass is 10.1. The van der Waals surface area contributed by atoms with Gasteiger partial charge in [-0.25, -0.2) is 4.98 Å². The molecule has 0 bridgehead atoms. The predicted molar refractivity (Wildman–Crippen MR) is 66.3 cm³/mol. The highest BCUT2D eigenvalue weighted by atomic mass is 16.5. The SMILES string of the molecule is COc1cccc2c1CCN2Cc1c[nH]cn1. The van der Waals surface area contributed by atoms with Crippen LogP contribution in [-0.4, -0.2) is 23.6 Å². The number of nitrogens with one attached hydrogen (secondary N) is 1. The summed E-state index contributed by atoms with van der Waals surface area (Å²) >= 11 is 0. The number of nitrogens with zero attached hydrogens (tertiary/aromatic N) is 2. The number of fused-ring (bicyclic) bond motifs is 1. The minimum absolute atomic E-state index is 0.851. The number of benzene rings is 1. The van der Waals surface area contributed by atoms with Crippen molar-refractivity contribution in [2.24, 2.45) is 0 Å². The van der Waals surface area contributed by atoms with Gasteiger partial charge in [0.25, 0.3) is 0 Å². The predicted octanol–water partition coefficient (Wildman–Crippen LogP) is 1.98. The van der Waals surface area contributed by atoms with Gasteiger partial charge in [-0.15, -0.1) is 0 Å². The van der Waals surface area contributed by atoms with Crippen molar-refractivity contribution in [2.45, 2.75) is 13.0 Å². The molecule has 2 heterocycles. The number of rotatable bonds is 3. The maximum Gasteiger partial charge on any atom is 0.124 e. The molecular formula is C13H15N3O. The van der Waals surface area contributed by atoms with Gasteiger partial charge in [0, 0.05) is 24.0 Å².